The monoisotopic (exact) mass is 356 g/mol. The molecule has 2 aromatic carbocycles. The molecule has 128 valence electrons. The Labute approximate surface area is 150 Å². The van der Waals surface area contributed by atoms with Crippen molar-refractivity contribution in [2.75, 3.05) is 14.2 Å². The van der Waals surface area contributed by atoms with Gasteiger partial charge >= 0.3 is 0 Å². The molecule has 1 amide bonds. The molecule has 0 aliphatic carbocycles. The van der Waals surface area contributed by atoms with Gasteiger partial charge in [-0.2, -0.15) is 0 Å². The van der Waals surface area contributed by atoms with Gasteiger partial charge in [0.2, 0.25) is 0 Å². The first-order valence-corrected chi connectivity index (χ1v) is 8.07. The van der Waals surface area contributed by atoms with E-state index in [1.807, 2.05) is 42.5 Å². The first-order chi connectivity index (χ1) is 12.1. The van der Waals surface area contributed by atoms with Gasteiger partial charge in [-0.05, 0) is 23.8 Å². The van der Waals surface area contributed by atoms with Gasteiger partial charge in [0.05, 0.1) is 12.7 Å². The number of ether oxygens (including phenoxy) is 1. The lowest BCUT2D eigenvalue weighted by Crippen LogP contribution is -2.26. The second kappa shape index (κ2) is 7.40. The van der Waals surface area contributed by atoms with Crippen molar-refractivity contribution in [3.63, 3.8) is 0 Å². The molecule has 0 N–H and O–H groups in total. The molecule has 25 heavy (non-hydrogen) atoms. The normalized spacial score (nSPS) is 10.5. The van der Waals surface area contributed by atoms with Crippen molar-refractivity contribution in [2.24, 2.45) is 0 Å². The smallest absolute Gasteiger partial charge is 0.276 e. The quantitative estimate of drug-likeness (QED) is 0.684. The minimum Gasteiger partial charge on any atom is -0.496 e. The van der Waals surface area contributed by atoms with E-state index in [1.165, 1.54) is 0 Å². The molecule has 0 unspecified atom stereocenters. The Morgan fingerprint density at radius 3 is 2.68 bits per heavy atom. The number of amides is 1. The third-order valence-electron chi connectivity index (χ3n) is 3.81. The Morgan fingerprint density at radius 1 is 1.20 bits per heavy atom. The van der Waals surface area contributed by atoms with Crippen LogP contribution in [0.1, 0.15) is 16.1 Å². The van der Waals surface area contributed by atoms with Gasteiger partial charge in [-0.1, -0.05) is 47.1 Å². The van der Waals surface area contributed by atoms with E-state index < -0.39 is 0 Å². The number of benzene rings is 2. The lowest BCUT2D eigenvalue weighted by atomic mass is 10.1. The number of carbonyl (C=O) groups is 1. The van der Waals surface area contributed by atoms with Crippen LogP contribution in [0.5, 0.6) is 5.75 Å². The molecule has 0 aliphatic heterocycles. The van der Waals surface area contributed by atoms with Gasteiger partial charge in [0.1, 0.15) is 5.75 Å². The number of hydrogen-bond acceptors (Lipinski definition) is 4. The average molecular weight is 357 g/mol. The molecule has 0 spiro atoms. The summed E-state index contributed by atoms with van der Waals surface area (Å²) in [5.74, 6) is 0.888. The topological polar surface area (TPSA) is 55.6 Å². The molecule has 0 saturated heterocycles. The van der Waals surface area contributed by atoms with Crippen LogP contribution < -0.4 is 4.74 Å². The van der Waals surface area contributed by atoms with Crippen LogP contribution in [0.15, 0.2) is 59.1 Å². The first kappa shape index (κ1) is 17.0. The molecule has 0 saturated carbocycles. The molecular formula is C19H17ClN2O3. The van der Waals surface area contributed by atoms with Crippen molar-refractivity contribution in [2.45, 2.75) is 6.54 Å². The maximum Gasteiger partial charge on any atom is 0.276 e. The Bertz CT molecular complexity index is 892. The van der Waals surface area contributed by atoms with Gasteiger partial charge < -0.3 is 14.2 Å². The fourth-order valence-corrected chi connectivity index (χ4v) is 2.70. The van der Waals surface area contributed by atoms with Crippen LogP contribution in [-0.4, -0.2) is 30.1 Å². The predicted molar refractivity (Wildman–Crippen MR) is 95.7 cm³/mol. The number of methoxy groups -OCH3 is 1. The van der Waals surface area contributed by atoms with E-state index in [1.54, 1.807) is 31.2 Å². The van der Waals surface area contributed by atoms with Crippen molar-refractivity contribution in [3.05, 3.63) is 70.9 Å². The zero-order valence-corrected chi connectivity index (χ0v) is 14.7. The fourth-order valence-electron chi connectivity index (χ4n) is 2.50. The second-order valence-corrected chi connectivity index (χ2v) is 5.94. The number of rotatable bonds is 5. The summed E-state index contributed by atoms with van der Waals surface area (Å²) < 4.78 is 10.6. The van der Waals surface area contributed by atoms with E-state index in [-0.39, 0.29) is 11.6 Å². The van der Waals surface area contributed by atoms with Crippen molar-refractivity contribution in [3.8, 4) is 17.1 Å². The van der Waals surface area contributed by atoms with E-state index >= 15 is 0 Å². The van der Waals surface area contributed by atoms with Crippen LogP contribution in [0.2, 0.25) is 5.02 Å². The highest BCUT2D eigenvalue weighted by atomic mass is 35.5. The molecule has 0 bridgehead atoms. The third kappa shape index (κ3) is 3.67. The second-order valence-electron chi connectivity index (χ2n) is 5.53. The zero-order chi connectivity index (χ0) is 17.8. The van der Waals surface area contributed by atoms with Crippen LogP contribution in [-0.2, 0) is 6.54 Å². The summed E-state index contributed by atoms with van der Waals surface area (Å²) in [7, 11) is 3.28. The van der Waals surface area contributed by atoms with E-state index in [2.05, 4.69) is 5.16 Å². The Balaban J connectivity index is 1.80. The van der Waals surface area contributed by atoms with Gasteiger partial charge in [-0.15, -0.1) is 0 Å². The van der Waals surface area contributed by atoms with Crippen LogP contribution in [0.25, 0.3) is 11.3 Å². The molecule has 5 nitrogen and oxygen atoms in total. The summed E-state index contributed by atoms with van der Waals surface area (Å²) in [6.45, 7) is 0.384. The number of hydrogen-bond donors (Lipinski definition) is 0. The maximum atomic E-state index is 12.6. The predicted octanol–water partition coefficient (Wildman–Crippen LogP) is 4.28. The SMILES string of the molecule is COc1ccccc1-c1cc(C(=O)N(C)Cc2ccccc2Cl)no1. The number of carbonyl (C=O) groups excluding carboxylic acids is 1. The Hall–Kier alpha value is -2.79. The number of nitrogens with zero attached hydrogens (tertiary/aromatic N) is 2. The molecule has 0 fully saturated rings. The fraction of sp³-hybridized carbons (Fsp3) is 0.158. The molecule has 0 radical (unpaired) electrons. The summed E-state index contributed by atoms with van der Waals surface area (Å²) in [6, 6.07) is 16.4. The number of para-hydroxylation sites is 1. The van der Waals surface area contributed by atoms with Crippen molar-refractivity contribution in [1.29, 1.82) is 0 Å². The van der Waals surface area contributed by atoms with Crippen molar-refractivity contribution in [1.82, 2.24) is 10.1 Å². The minimum absolute atomic E-state index is 0.232. The lowest BCUT2D eigenvalue weighted by molar-refractivity contribution is 0.0775. The molecule has 3 rings (SSSR count). The molecule has 6 heteroatoms. The maximum absolute atomic E-state index is 12.6. The van der Waals surface area contributed by atoms with E-state index in [0.717, 1.165) is 11.1 Å². The molecular weight excluding hydrogens is 340 g/mol. The lowest BCUT2D eigenvalue weighted by Gasteiger charge is -2.16. The standard InChI is InChI=1S/C19H17ClN2O3/c1-22(12-13-7-3-5-9-15(13)20)19(23)16-11-18(25-21-16)14-8-4-6-10-17(14)24-2/h3-11H,12H2,1-2H3. The highest BCUT2D eigenvalue weighted by molar-refractivity contribution is 6.31. The summed E-state index contributed by atoms with van der Waals surface area (Å²) >= 11 is 6.15. The summed E-state index contributed by atoms with van der Waals surface area (Å²) in [6.07, 6.45) is 0. The molecule has 1 heterocycles. The van der Waals surface area contributed by atoms with Gasteiger partial charge in [-0.3, -0.25) is 4.79 Å². The zero-order valence-electron chi connectivity index (χ0n) is 13.9. The van der Waals surface area contributed by atoms with Crippen molar-refractivity contribution >= 4 is 17.5 Å². The Kier molecular flexibility index (Phi) is 5.05. The summed E-state index contributed by atoms with van der Waals surface area (Å²) in [5.41, 5.74) is 1.84. The average Bonchev–Trinajstić information content (AvgIpc) is 3.12. The third-order valence-corrected chi connectivity index (χ3v) is 4.18. The van der Waals surface area contributed by atoms with Crippen LogP contribution in [0, 0.1) is 0 Å². The van der Waals surface area contributed by atoms with E-state index in [0.29, 0.717) is 23.1 Å². The first-order valence-electron chi connectivity index (χ1n) is 7.69. The molecule has 0 atom stereocenters. The summed E-state index contributed by atoms with van der Waals surface area (Å²) in [5, 5.41) is 4.52. The van der Waals surface area contributed by atoms with Gasteiger partial charge in [0.15, 0.2) is 11.5 Å². The van der Waals surface area contributed by atoms with Gasteiger partial charge in [-0.25, -0.2) is 0 Å². The number of halogens is 1. The number of aromatic nitrogens is 1. The summed E-state index contributed by atoms with van der Waals surface area (Å²) in [4.78, 5) is 14.1. The Morgan fingerprint density at radius 2 is 1.92 bits per heavy atom. The van der Waals surface area contributed by atoms with E-state index in [9.17, 15) is 4.79 Å². The molecule has 3 aromatic rings. The minimum atomic E-state index is -0.246. The van der Waals surface area contributed by atoms with Crippen LogP contribution >= 0.6 is 11.6 Å². The highest BCUT2D eigenvalue weighted by Gasteiger charge is 2.19. The highest BCUT2D eigenvalue weighted by Crippen LogP contribution is 2.30. The van der Waals surface area contributed by atoms with Gasteiger partial charge in [0, 0.05) is 24.7 Å². The van der Waals surface area contributed by atoms with Crippen LogP contribution in [0.4, 0.5) is 0 Å². The molecule has 0 aliphatic rings. The largest absolute Gasteiger partial charge is 0.496 e. The van der Waals surface area contributed by atoms with Gasteiger partial charge in [0.25, 0.3) is 5.91 Å². The van der Waals surface area contributed by atoms with Crippen molar-refractivity contribution < 1.29 is 14.1 Å². The van der Waals surface area contributed by atoms with Crippen LogP contribution in [0.3, 0.4) is 0 Å². The molecule has 1 aromatic heterocycles. The van der Waals surface area contributed by atoms with E-state index in [4.69, 9.17) is 20.9 Å².